The molecule has 2 saturated heterocycles. The fourth-order valence-electron chi connectivity index (χ4n) is 3.81. The molecule has 2 aliphatic heterocycles. The normalized spacial score (nSPS) is 25.3. The van der Waals surface area contributed by atoms with Crippen LogP contribution < -0.4 is 5.06 Å². The van der Waals surface area contributed by atoms with E-state index >= 15 is 0 Å². The lowest BCUT2D eigenvalue weighted by Crippen LogP contribution is -2.44. The number of nitrogens with zero attached hydrogens (tertiary/aromatic N) is 2. The number of rotatable bonds is 3. The van der Waals surface area contributed by atoms with Crippen molar-refractivity contribution in [2.45, 2.75) is 31.9 Å². The SMILES string of the molecule is C[C@@H]1ON(c2ccccc2)[C@@H](c2ccccc2)[C@H]1C(=O)N1C(=O)CCC1=O. The van der Waals surface area contributed by atoms with E-state index in [9.17, 15) is 14.4 Å². The predicted octanol–water partition coefficient (Wildman–Crippen LogP) is 2.86. The molecule has 0 radical (unpaired) electrons. The van der Waals surface area contributed by atoms with Gasteiger partial charge >= 0.3 is 0 Å². The van der Waals surface area contributed by atoms with Crippen LogP contribution in [0.5, 0.6) is 0 Å². The topological polar surface area (TPSA) is 66.9 Å². The van der Waals surface area contributed by atoms with E-state index in [0.717, 1.165) is 16.2 Å². The Hall–Kier alpha value is -2.99. The summed E-state index contributed by atoms with van der Waals surface area (Å²) < 4.78 is 0. The van der Waals surface area contributed by atoms with Crippen LogP contribution in [0.2, 0.25) is 0 Å². The monoisotopic (exact) mass is 364 g/mol. The summed E-state index contributed by atoms with van der Waals surface area (Å²) in [4.78, 5) is 44.3. The Kier molecular flexibility index (Phi) is 4.49. The Balaban J connectivity index is 1.76. The maximum Gasteiger partial charge on any atom is 0.244 e. The molecule has 2 heterocycles. The van der Waals surface area contributed by atoms with E-state index in [1.165, 1.54) is 0 Å². The van der Waals surface area contributed by atoms with Crippen molar-refractivity contribution in [1.82, 2.24) is 4.90 Å². The Morgan fingerprint density at radius 2 is 1.48 bits per heavy atom. The van der Waals surface area contributed by atoms with Gasteiger partial charge < -0.3 is 0 Å². The summed E-state index contributed by atoms with van der Waals surface area (Å²) in [7, 11) is 0. The van der Waals surface area contributed by atoms with Crippen molar-refractivity contribution < 1.29 is 19.2 Å². The van der Waals surface area contributed by atoms with Crippen LogP contribution in [0.4, 0.5) is 5.69 Å². The minimum atomic E-state index is -0.668. The number of carbonyl (C=O) groups is 3. The van der Waals surface area contributed by atoms with Crippen molar-refractivity contribution in [3.05, 3.63) is 66.2 Å². The van der Waals surface area contributed by atoms with Crippen molar-refractivity contribution in [2.75, 3.05) is 5.06 Å². The first-order chi connectivity index (χ1) is 13.1. The Morgan fingerprint density at radius 3 is 2.07 bits per heavy atom. The second-order valence-electron chi connectivity index (χ2n) is 6.81. The van der Waals surface area contributed by atoms with Crippen molar-refractivity contribution >= 4 is 23.4 Å². The first-order valence-corrected chi connectivity index (χ1v) is 9.03. The van der Waals surface area contributed by atoms with E-state index in [1.807, 2.05) is 60.7 Å². The third-order valence-corrected chi connectivity index (χ3v) is 5.09. The number of amides is 3. The van der Waals surface area contributed by atoms with E-state index in [0.29, 0.717) is 0 Å². The van der Waals surface area contributed by atoms with Gasteiger partial charge in [0.25, 0.3) is 0 Å². The average Bonchev–Trinajstić information content (AvgIpc) is 3.22. The van der Waals surface area contributed by atoms with Gasteiger partial charge in [-0.25, -0.2) is 9.96 Å². The third-order valence-electron chi connectivity index (χ3n) is 5.09. The molecule has 0 saturated carbocycles. The van der Waals surface area contributed by atoms with Gasteiger partial charge in [0.1, 0.15) is 0 Å². The highest BCUT2D eigenvalue weighted by molar-refractivity contribution is 6.15. The van der Waals surface area contributed by atoms with E-state index in [1.54, 1.807) is 12.0 Å². The van der Waals surface area contributed by atoms with E-state index in [4.69, 9.17) is 4.84 Å². The average molecular weight is 364 g/mol. The van der Waals surface area contributed by atoms with Crippen LogP contribution in [0.1, 0.15) is 31.4 Å². The van der Waals surface area contributed by atoms with Gasteiger partial charge in [-0.1, -0.05) is 48.5 Å². The summed E-state index contributed by atoms with van der Waals surface area (Å²) in [5.41, 5.74) is 1.70. The molecule has 3 amide bonds. The molecular weight excluding hydrogens is 344 g/mol. The maximum absolute atomic E-state index is 13.2. The largest absolute Gasteiger partial charge is 0.274 e. The zero-order valence-electron chi connectivity index (χ0n) is 14.9. The van der Waals surface area contributed by atoms with Crippen LogP contribution in [-0.4, -0.2) is 28.7 Å². The fraction of sp³-hybridized carbons (Fsp3) is 0.286. The van der Waals surface area contributed by atoms with Gasteiger partial charge in [0.05, 0.1) is 23.8 Å². The molecule has 0 aromatic heterocycles. The van der Waals surface area contributed by atoms with Crippen LogP contribution in [0, 0.1) is 5.92 Å². The molecule has 0 aliphatic carbocycles. The smallest absolute Gasteiger partial charge is 0.244 e. The van der Waals surface area contributed by atoms with Gasteiger partial charge in [-0.3, -0.25) is 19.2 Å². The first-order valence-electron chi connectivity index (χ1n) is 9.03. The molecule has 2 aromatic rings. The minimum absolute atomic E-state index is 0.0882. The van der Waals surface area contributed by atoms with Crippen LogP contribution in [-0.2, 0) is 19.2 Å². The number of imide groups is 3. The molecule has 0 bridgehead atoms. The molecular formula is C21H20N2O4. The highest BCUT2D eigenvalue weighted by atomic mass is 16.7. The molecule has 2 aliphatic rings. The molecule has 6 heteroatoms. The number of benzene rings is 2. The number of anilines is 1. The Labute approximate surface area is 157 Å². The molecule has 2 aromatic carbocycles. The molecule has 6 nitrogen and oxygen atoms in total. The van der Waals surface area contributed by atoms with E-state index in [-0.39, 0.29) is 12.8 Å². The molecule has 0 N–H and O–H groups in total. The first kappa shape index (κ1) is 17.4. The van der Waals surface area contributed by atoms with Crippen molar-refractivity contribution in [2.24, 2.45) is 5.92 Å². The van der Waals surface area contributed by atoms with Crippen molar-refractivity contribution in [3.8, 4) is 0 Å². The molecule has 27 heavy (non-hydrogen) atoms. The second-order valence-corrected chi connectivity index (χ2v) is 6.81. The summed E-state index contributed by atoms with van der Waals surface area (Å²) >= 11 is 0. The number of para-hydroxylation sites is 1. The quantitative estimate of drug-likeness (QED) is 0.784. The van der Waals surface area contributed by atoms with Gasteiger partial charge in [0, 0.05) is 12.8 Å². The fourth-order valence-corrected chi connectivity index (χ4v) is 3.81. The lowest BCUT2D eigenvalue weighted by molar-refractivity contribution is -0.152. The van der Waals surface area contributed by atoms with Crippen LogP contribution in [0.25, 0.3) is 0 Å². The maximum atomic E-state index is 13.2. The Morgan fingerprint density at radius 1 is 0.926 bits per heavy atom. The molecule has 2 fully saturated rings. The molecule has 0 spiro atoms. The summed E-state index contributed by atoms with van der Waals surface area (Å²) in [5, 5.41) is 1.72. The molecule has 138 valence electrons. The number of hydrogen-bond donors (Lipinski definition) is 0. The van der Waals surface area contributed by atoms with Gasteiger partial charge in [-0.2, -0.15) is 0 Å². The van der Waals surface area contributed by atoms with Crippen LogP contribution in [0.15, 0.2) is 60.7 Å². The highest BCUT2D eigenvalue weighted by Gasteiger charge is 2.50. The van der Waals surface area contributed by atoms with Gasteiger partial charge in [-0.15, -0.1) is 0 Å². The van der Waals surface area contributed by atoms with Crippen molar-refractivity contribution in [1.29, 1.82) is 0 Å². The Bertz CT molecular complexity index is 852. The number of likely N-dealkylation sites (tertiary alicyclic amines) is 1. The predicted molar refractivity (Wildman–Crippen MR) is 98.2 cm³/mol. The summed E-state index contributed by atoms with van der Waals surface area (Å²) in [6.07, 6.45) is -0.306. The number of hydroxylamine groups is 1. The summed E-state index contributed by atoms with van der Waals surface area (Å²) in [5.74, 6) is -2.01. The lowest BCUT2D eigenvalue weighted by atomic mass is 9.88. The van der Waals surface area contributed by atoms with Crippen molar-refractivity contribution in [3.63, 3.8) is 0 Å². The summed E-state index contributed by atoms with van der Waals surface area (Å²) in [6, 6.07) is 18.6. The third kappa shape index (κ3) is 3.02. The molecule has 3 atom stereocenters. The van der Waals surface area contributed by atoms with Crippen LogP contribution in [0.3, 0.4) is 0 Å². The van der Waals surface area contributed by atoms with E-state index < -0.39 is 35.8 Å². The second kappa shape index (κ2) is 6.96. The van der Waals surface area contributed by atoms with Gasteiger partial charge in [0.15, 0.2) is 0 Å². The number of carbonyl (C=O) groups excluding carboxylic acids is 3. The van der Waals surface area contributed by atoms with E-state index in [2.05, 4.69) is 0 Å². The zero-order valence-corrected chi connectivity index (χ0v) is 14.9. The van der Waals surface area contributed by atoms with Gasteiger partial charge in [0.2, 0.25) is 17.7 Å². The molecule has 0 unspecified atom stereocenters. The minimum Gasteiger partial charge on any atom is -0.274 e. The standard InChI is InChI=1S/C21H20N2O4/c1-14-19(21(26)22-17(24)12-13-18(22)25)20(15-8-4-2-5-9-15)23(27-14)16-10-6-3-7-11-16/h2-11,14,19-20H,12-13H2,1H3/t14-,19-,20-/m0/s1. The summed E-state index contributed by atoms with van der Waals surface area (Å²) in [6.45, 7) is 1.80. The highest BCUT2D eigenvalue weighted by Crippen LogP contribution is 2.43. The zero-order chi connectivity index (χ0) is 19.0. The molecule has 4 rings (SSSR count). The lowest BCUT2D eigenvalue weighted by Gasteiger charge is -2.28. The number of hydrogen-bond acceptors (Lipinski definition) is 5. The van der Waals surface area contributed by atoms with Gasteiger partial charge in [-0.05, 0) is 24.6 Å². The van der Waals surface area contributed by atoms with Crippen LogP contribution >= 0.6 is 0 Å².